The van der Waals surface area contributed by atoms with Gasteiger partial charge in [-0.15, -0.1) is 0 Å². The fraction of sp³-hybridized carbons (Fsp3) is 0.361. The van der Waals surface area contributed by atoms with Crippen molar-refractivity contribution >= 4 is 23.4 Å². The summed E-state index contributed by atoms with van der Waals surface area (Å²) in [6, 6.07) is 23.9. The van der Waals surface area contributed by atoms with Gasteiger partial charge in [-0.1, -0.05) is 74.5 Å². The van der Waals surface area contributed by atoms with E-state index in [1.807, 2.05) is 65.6 Å². The Bertz CT molecular complexity index is 1710. The topological polar surface area (TPSA) is 100 Å². The van der Waals surface area contributed by atoms with Crippen molar-refractivity contribution in [2.24, 2.45) is 22.7 Å². The molecule has 2 aliphatic heterocycles. The summed E-state index contributed by atoms with van der Waals surface area (Å²) in [4.78, 5) is 49.0. The molecule has 2 aromatic carbocycles. The molecule has 7 rings (SSSR count). The third-order valence-electron chi connectivity index (χ3n) is 9.77. The maximum absolute atomic E-state index is 13.8. The standard InChI is InChI=1S/C36H38N6O3/c1-35(2)16-30(35)34(45)41-23-36(24-41)22-40(33(44)27-17-38-42(20-27)19-26-11-7-4-8-12-26)21-31(36)32(43)39-29-14-13-28(37-18-29)15-25-9-5-3-6-10-25/h3-14,17-18,20,30-31H,15-16,19,21-24H2,1-2H3,(H,39,43)/t30-,31-/m1/s1. The van der Waals surface area contributed by atoms with Crippen molar-refractivity contribution < 1.29 is 14.4 Å². The van der Waals surface area contributed by atoms with Gasteiger partial charge in [0.1, 0.15) is 0 Å². The second-order valence-electron chi connectivity index (χ2n) is 13.6. The van der Waals surface area contributed by atoms with Crippen molar-refractivity contribution in [3.05, 3.63) is 114 Å². The number of benzene rings is 2. The summed E-state index contributed by atoms with van der Waals surface area (Å²) in [6.45, 7) is 6.45. The number of hydrogen-bond acceptors (Lipinski definition) is 5. The molecule has 1 saturated carbocycles. The molecule has 1 N–H and O–H groups in total. The zero-order valence-electron chi connectivity index (χ0n) is 25.7. The van der Waals surface area contributed by atoms with Gasteiger partial charge in [0, 0.05) is 55.8 Å². The number of carbonyl (C=O) groups excluding carboxylic acids is 3. The normalized spacial score (nSPS) is 20.9. The minimum absolute atomic E-state index is 0.0356. The van der Waals surface area contributed by atoms with Gasteiger partial charge in [-0.25, -0.2) is 0 Å². The number of carbonyl (C=O) groups is 3. The molecule has 230 valence electrons. The van der Waals surface area contributed by atoms with E-state index < -0.39 is 11.3 Å². The zero-order chi connectivity index (χ0) is 31.2. The third kappa shape index (κ3) is 5.87. The Balaban J connectivity index is 1.06. The molecule has 2 atom stereocenters. The first-order chi connectivity index (χ1) is 21.7. The maximum atomic E-state index is 13.8. The molecule has 0 unspecified atom stereocenters. The van der Waals surface area contributed by atoms with Crippen molar-refractivity contribution in [3.63, 3.8) is 0 Å². The van der Waals surface area contributed by atoms with Crippen LogP contribution in [0.25, 0.3) is 0 Å². The molecular formula is C36H38N6O3. The molecule has 45 heavy (non-hydrogen) atoms. The maximum Gasteiger partial charge on any atom is 0.257 e. The van der Waals surface area contributed by atoms with Gasteiger partial charge < -0.3 is 15.1 Å². The average molecular weight is 603 g/mol. The van der Waals surface area contributed by atoms with E-state index in [9.17, 15) is 14.4 Å². The van der Waals surface area contributed by atoms with Crippen LogP contribution in [0.15, 0.2) is 91.4 Å². The predicted octanol–water partition coefficient (Wildman–Crippen LogP) is 4.50. The lowest BCUT2D eigenvalue weighted by Crippen LogP contribution is -2.64. The van der Waals surface area contributed by atoms with Crippen LogP contribution in [0.2, 0.25) is 0 Å². The first-order valence-electron chi connectivity index (χ1n) is 15.6. The van der Waals surface area contributed by atoms with Crippen LogP contribution in [0, 0.1) is 22.7 Å². The fourth-order valence-electron chi connectivity index (χ4n) is 6.93. The summed E-state index contributed by atoms with van der Waals surface area (Å²) < 4.78 is 1.76. The molecule has 3 aliphatic rings. The first-order valence-corrected chi connectivity index (χ1v) is 15.6. The van der Waals surface area contributed by atoms with Gasteiger partial charge in [0.2, 0.25) is 11.8 Å². The predicted molar refractivity (Wildman–Crippen MR) is 170 cm³/mol. The first kappa shape index (κ1) is 29.0. The summed E-state index contributed by atoms with van der Waals surface area (Å²) in [6.07, 6.45) is 6.66. The van der Waals surface area contributed by atoms with Crippen LogP contribution in [0.3, 0.4) is 0 Å². The van der Waals surface area contributed by atoms with Crippen molar-refractivity contribution in [1.82, 2.24) is 24.6 Å². The van der Waals surface area contributed by atoms with E-state index in [1.165, 1.54) is 5.56 Å². The van der Waals surface area contributed by atoms with Crippen LogP contribution in [0.5, 0.6) is 0 Å². The molecule has 4 aromatic rings. The zero-order valence-corrected chi connectivity index (χ0v) is 25.7. The largest absolute Gasteiger partial charge is 0.341 e. The van der Waals surface area contributed by atoms with Crippen LogP contribution < -0.4 is 5.32 Å². The van der Waals surface area contributed by atoms with Crippen LogP contribution in [-0.4, -0.2) is 68.5 Å². The Morgan fingerprint density at radius 3 is 2.16 bits per heavy atom. The lowest BCUT2D eigenvalue weighted by molar-refractivity contribution is -0.150. The molecular weight excluding hydrogens is 564 g/mol. The van der Waals surface area contributed by atoms with Gasteiger partial charge in [-0.2, -0.15) is 5.10 Å². The molecule has 3 fully saturated rings. The van der Waals surface area contributed by atoms with E-state index in [0.717, 1.165) is 17.7 Å². The van der Waals surface area contributed by atoms with Gasteiger partial charge in [-0.3, -0.25) is 24.0 Å². The molecule has 9 heteroatoms. The molecule has 2 saturated heterocycles. The average Bonchev–Trinajstić information content (AvgIpc) is 3.34. The second kappa shape index (κ2) is 11.3. The van der Waals surface area contributed by atoms with Crippen LogP contribution in [0.1, 0.15) is 47.4 Å². The smallest absolute Gasteiger partial charge is 0.257 e. The van der Waals surface area contributed by atoms with Crippen LogP contribution >= 0.6 is 0 Å². The third-order valence-corrected chi connectivity index (χ3v) is 9.77. The molecule has 1 spiro atoms. The van der Waals surface area contributed by atoms with Crippen molar-refractivity contribution in [1.29, 1.82) is 0 Å². The highest BCUT2D eigenvalue weighted by atomic mass is 16.2. The number of amides is 3. The van der Waals surface area contributed by atoms with E-state index in [0.29, 0.717) is 43.9 Å². The molecule has 0 radical (unpaired) electrons. The summed E-state index contributed by atoms with van der Waals surface area (Å²) in [7, 11) is 0. The summed E-state index contributed by atoms with van der Waals surface area (Å²) >= 11 is 0. The minimum Gasteiger partial charge on any atom is -0.341 e. The van der Waals surface area contributed by atoms with E-state index in [4.69, 9.17) is 0 Å². The Labute approximate surface area is 263 Å². The van der Waals surface area contributed by atoms with Crippen LogP contribution in [0.4, 0.5) is 5.69 Å². The van der Waals surface area contributed by atoms with Crippen LogP contribution in [-0.2, 0) is 22.6 Å². The lowest BCUT2D eigenvalue weighted by atomic mass is 9.71. The number of pyridine rings is 1. The lowest BCUT2D eigenvalue weighted by Gasteiger charge is -2.50. The number of rotatable bonds is 8. The quantitative estimate of drug-likeness (QED) is 0.320. The molecule has 2 aromatic heterocycles. The van der Waals surface area contributed by atoms with Crippen molar-refractivity contribution in [3.8, 4) is 0 Å². The Hall–Kier alpha value is -4.79. The van der Waals surface area contributed by atoms with Gasteiger partial charge in [0.05, 0.1) is 36.1 Å². The Morgan fingerprint density at radius 2 is 1.51 bits per heavy atom. The summed E-state index contributed by atoms with van der Waals surface area (Å²) in [5.74, 6) is -0.557. The Kier molecular flexibility index (Phi) is 7.26. The van der Waals surface area contributed by atoms with E-state index >= 15 is 0 Å². The number of nitrogens with zero attached hydrogens (tertiary/aromatic N) is 5. The highest BCUT2D eigenvalue weighted by Crippen LogP contribution is 2.54. The fourth-order valence-corrected chi connectivity index (χ4v) is 6.93. The molecule has 1 aliphatic carbocycles. The van der Waals surface area contributed by atoms with E-state index in [2.05, 4.69) is 41.4 Å². The monoisotopic (exact) mass is 602 g/mol. The van der Waals surface area contributed by atoms with Crippen molar-refractivity contribution in [2.45, 2.75) is 33.2 Å². The molecule has 9 nitrogen and oxygen atoms in total. The number of aromatic nitrogens is 3. The van der Waals surface area contributed by atoms with Gasteiger partial charge in [-0.05, 0) is 35.1 Å². The molecule has 3 amide bonds. The highest BCUT2D eigenvalue weighted by Gasteiger charge is 2.61. The number of likely N-dealkylation sites (tertiary alicyclic amines) is 2. The summed E-state index contributed by atoms with van der Waals surface area (Å²) in [5.41, 5.74) is 3.83. The number of anilines is 1. The van der Waals surface area contributed by atoms with E-state index in [1.54, 1.807) is 28.2 Å². The highest BCUT2D eigenvalue weighted by molar-refractivity contribution is 5.97. The summed E-state index contributed by atoms with van der Waals surface area (Å²) in [5, 5.41) is 7.48. The number of hydrogen-bond donors (Lipinski definition) is 1. The van der Waals surface area contributed by atoms with Gasteiger partial charge in [0.25, 0.3) is 5.91 Å². The van der Waals surface area contributed by atoms with Gasteiger partial charge in [0.15, 0.2) is 0 Å². The molecule has 0 bridgehead atoms. The Morgan fingerprint density at radius 1 is 0.844 bits per heavy atom. The second-order valence-corrected chi connectivity index (χ2v) is 13.6. The SMILES string of the molecule is CC1(C)C[C@@H]1C(=O)N1CC2(CN(C(=O)c3cnn(Cc4ccccc4)c3)C[C@@H]2C(=O)Nc2ccc(Cc3ccccc3)nc2)C1. The minimum atomic E-state index is -0.491. The number of nitrogens with one attached hydrogen (secondary N) is 1. The van der Waals surface area contributed by atoms with E-state index in [-0.39, 0.29) is 35.6 Å². The van der Waals surface area contributed by atoms with Gasteiger partial charge >= 0.3 is 0 Å². The van der Waals surface area contributed by atoms with Crippen molar-refractivity contribution in [2.75, 3.05) is 31.5 Å². The molecule has 4 heterocycles.